The number of rotatable bonds is 5. The minimum absolute atomic E-state index is 0.631. The molecule has 2 heterocycles. The lowest BCUT2D eigenvalue weighted by Crippen LogP contribution is -2.34. The van der Waals surface area contributed by atoms with Crippen molar-refractivity contribution in [3.05, 3.63) is 22.4 Å². The van der Waals surface area contributed by atoms with Crippen molar-refractivity contribution in [1.29, 1.82) is 0 Å². The first-order valence-corrected chi connectivity index (χ1v) is 7.71. The highest BCUT2D eigenvalue weighted by Gasteiger charge is 2.15. The largest absolute Gasteiger partial charge is 0.330 e. The third-order valence-corrected chi connectivity index (χ3v) is 4.52. The molecular weight excluding hydrogens is 228 g/mol. The molecule has 1 fully saturated rings. The zero-order chi connectivity index (χ0) is 11.9. The number of nitrogens with two attached hydrogens (primary N) is 1. The first-order chi connectivity index (χ1) is 8.38. The molecule has 0 spiro atoms. The van der Waals surface area contributed by atoms with Gasteiger partial charge in [-0.25, -0.2) is 0 Å². The van der Waals surface area contributed by atoms with E-state index in [2.05, 4.69) is 22.4 Å². The van der Waals surface area contributed by atoms with Crippen LogP contribution in [0.5, 0.6) is 0 Å². The van der Waals surface area contributed by atoms with Crippen molar-refractivity contribution in [3.8, 4) is 0 Å². The molecule has 0 aromatic carbocycles. The van der Waals surface area contributed by atoms with Gasteiger partial charge in [0.05, 0.1) is 0 Å². The molecule has 0 radical (unpaired) electrons. The van der Waals surface area contributed by atoms with Crippen LogP contribution in [-0.4, -0.2) is 31.1 Å². The van der Waals surface area contributed by atoms with Gasteiger partial charge < -0.3 is 10.6 Å². The predicted octanol–water partition coefficient (Wildman–Crippen LogP) is 2.74. The average molecular weight is 252 g/mol. The Bertz CT molecular complexity index is 289. The quantitative estimate of drug-likeness (QED) is 0.873. The van der Waals surface area contributed by atoms with Crippen molar-refractivity contribution in [1.82, 2.24) is 4.90 Å². The number of nitrogens with zero attached hydrogens (tertiary/aromatic N) is 1. The highest BCUT2D eigenvalue weighted by Crippen LogP contribution is 2.17. The lowest BCUT2D eigenvalue weighted by molar-refractivity contribution is 0.240. The predicted molar refractivity (Wildman–Crippen MR) is 75.5 cm³/mol. The van der Waals surface area contributed by atoms with Gasteiger partial charge in [0.2, 0.25) is 0 Å². The summed E-state index contributed by atoms with van der Waals surface area (Å²) in [6, 6.07) is 4.37. The summed E-state index contributed by atoms with van der Waals surface area (Å²) in [4.78, 5) is 4.10. The standard InChI is InChI=1S/C14H24N2S/c15-11-13(10-14-6-5-9-17-14)12-16-7-3-1-2-4-8-16/h5-6,9,13H,1-4,7-8,10-12,15H2. The summed E-state index contributed by atoms with van der Waals surface area (Å²) in [6.45, 7) is 4.56. The molecular formula is C14H24N2S. The molecule has 2 nitrogen and oxygen atoms in total. The molecule has 96 valence electrons. The number of hydrogen-bond acceptors (Lipinski definition) is 3. The molecule has 17 heavy (non-hydrogen) atoms. The first kappa shape index (κ1) is 13.1. The molecule has 3 heteroatoms. The van der Waals surface area contributed by atoms with Gasteiger partial charge in [-0.05, 0) is 56.3 Å². The maximum atomic E-state index is 5.92. The Hall–Kier alpha value is -0.380. The van der Waals surface area contributed by atoms with Crippen molar-refractivity contribution in [2.45, 2.75) is 32.1 Å². The van der Waals surface area contributed by atoms with E-state index in [1.54, 1.807) is 0 Å². The Morgan fingerprint density at radius 3 is 2.59 bits per heavy atom. The van der Waals surface area contributed by atoms with Crippen LogP contribution < -0.4 is 5.73 Å². The van der Waals surface area contributed by atoms with Crippen LogP contribution in [0.25, 0.3) is 0 Å². The molecule has 1 aromatic rings. The smallest absolute Gasteiger partial charge is 0.00489 e. The number of thiophene rings is 1. The van der Waals surface area contributed by atoms with Gasteiger partial charge in [-0.15, -0.1) is 11.3 Å². The van der Waals surface area contributed by atoms with E-state index in [1.807, 2.05) is 11.3 Å². The van der Waals surface area contributed by atoms with Gasteiger partial charge in [0, 0.05) is 11.4 Å². The van der Waals surface area contributed by atoms with Crippen molar-refractivity contribution < 1.29 is 0 Å². The Kier molecular flexibility index (Phi) is 5.49. The molecule has 0 saturated carbocycles. The maximum absolute atomic E-state index is 5.92. The minimum atomic E-state index is 0.631. The summed E-state index contributed by atoms with van der Waals surface area (Å²) < 4.78 is 0. The van der Waals surface area contributed by atoms with Crippen LogP contribution in [-0.2, 0) is 6.42 Å². The van der Waals surface area contributed by atoms with Crippen LogP contribution in [0.15, 0.2) is 17.5 Å². The van der Waals surface area contributed by atoms with E-state index in [-0.39, 0.29) is 0 Å². The Morgan fingerprint density at radius 2 is 2.00 bits per heavy atom. The second kappa shape index (κ2) is 7.14. The Balaban J connectivity index is 1.81. The minimum Gasteiger partial charge on any atom is -0.330 e. The molecule has 2 N–H and O–H groups in total. The lowest BCUT2D eigenvalue weighted by atomic mass is 10.0. The molecule has 0 aliphatic carbocycles. The number of likely N-dealkylation sites (tertiary alicyclic amines) is 1. The van der Waals surface area contributed by atoms with E-state index in [0.29, 0.717) is 5.92 Å². The lowest BCUT2D eigenvalue weighted by Gasteiger charge is -2.25. The van der Waals surface area contributed by atoms with Gasteiger partial charge in [-0.1, -0.05) is 18.9 Å². The molecule has 1 unspecified atom stereocenters. The van der Waals surface area contributed by atoms with Gasteiger partial charge in [0.25, 0.3) is 0 Å². The second-order valence-electron chi connectivity index (χ2n) is 5.10. The average Bonchev–Trinajstić information content (AvgIpc) is 2.71. The van der Waals surface area contributed by atoms with E-state index in [0.717, 1.165) is 13.0 Å². The first-order valence-electron chi connectivity index (χ1n) is 6.83. The van der Waals surface area contributed by atoms with Crippen LogP contribution in [0.3, 0.4) is 0 Å². The van der Waals surface area contributed by atoms with Crippen molar-refractivity contribution in [3.63, 3.8) is 0 Å². The monoisotopic (exact) mass is 252 g/mol. The fourth-order valence-corrected chi connectivity index (χ4v) is 3.44. The van der Waals surface area contributed by atoms with E-state index in [4.69, 9.17) is 5.73 Å². The van der Waals surface area contributed by atoms with Crippen LogP contribution in [0.2, 0.25) is 0 Å². The van der Waals surface area contributed by atoms with Gasteiger partial charge in [-0.3, -0.25) is 0 Å². The topological polar surface area (TPSA) is 29.3 Å². The van der Waals surface area contributed by atoms with Crippen LogP contribution >= 0.6 is 11.3 Å². The van der Waals surface area contributed by atoms with Gasteiger partial charge >= 0.3 is 0 Å². The van der Waals surface area contributed by atoms with Crippen molar-refractivity contribution >= 4 is 11.3 Å². The summed E-state index contributed by atoms with van der Waals surface area (Å²) in [7, 11) is 0. The molecule has 1 aromatic heterocycles. The van der Waals surface area contributed by atoms with Crippen LogP contribution in [0.1, 0.15) is 30.6 Å². The maximum Gasteiger partial charge on any atom is 0.00489 e. The third-order valence-electron chi connectivity index (χ3n) is 3.62. The molecule has 1 aliphatic heterocycles. The van der Waals surface area contributed by atoms with Crippen LogP contribution in [0.4, 0.5) is 0 Å². The van der Waals surface area contributed by atoms with Crippen molar-refractivity contribution in [2.75, 3.05) is 26.2 Å². The van der Waals surface area contributed by atoms with E-state index < -0.39 is 0 Å². The normalized spacial score (nSPS) is 20.1. The summed E-state index contributed by atoms with van der Waals surface area (Å²) in [6.07, 6.45) is 6.72. The summed E-state index contributed by atoms with van der Waals surface area (Å²) >= 11 is 1.86. The molecule has 2 rings (SSSR count). The summed E-state index contributed by atoms with van der Waals surface area (Å²) in [5.74, 6) is 0.631. The number of hydrogen-bond donors (Lipinski definition) is 1. The van der Waals surface area contributed by atoms with Crippen LogP contribution in [0, 0.1) is 5.92 Å². The molecule has 1 aliphatic rings. The van der Waals surface area contributed by atoms with Crippen molar-refractivity contribution in [2.24, 2.45) is 11.7 Å². The third kappa shape index (κ3) is 4.41. The van der Waals surface area contributed by atoms with Gasteiger partial charge in [-0.2, -0.15) is 0 Å². The fourth-order valence-electron chi connectivity index (χ4n) is 2.62. The summed E-state index contributed by atoms with van der Waals surface area (Å²) in [5, 5.41) is 2.16. The second-order valence-corrected chi connectivity index (χ2v) is 6.13. The van der Waals surface area contributed by atoms with E-state index in [1.165, 1.54) is 50.2 Å². The zero-order valence-electron chi connectivity index (χ0n) is 10.6. The molecule has 0 bridgehead atoms. The van der Waals surface area contributed by atoms with Gasteiger partial charge in [0.15, 0.2) is 0 Å². The SMILES string of the molecule is NCC(Cc1cccs1)CN1CCCCCC1. The Morgan fingerprint density at radius 1 is 1.24 bits per heavy atom. The highest BCUT2D eigenvalue weighted by molar-refractivity contribution is 7.09. The Labute approximate surface area is 109 Å². The zero-order valence-corrected chi connectivity index (χ0v) is 11.4. The molecule has 1 atom stereocenters. The summed E-state index contributed by atoms with van der Waals surface area (Å²) in [5.41, 5.74) is 5.92. The van der Waals surface area contributed by atoms with E-state index >= 15 is 0 Å². The molecule has 0 amide bonds. The highest BCUT2D eigenvalue weighted by atomic mass is 32.1. The fraction of sp³-hybridized carbons (Fsp3) is 0.714. The van der Waals surface area contributed by atoms with Gasteiger partial charge in [0.1, 0.15) is 0 Å². The molecule has 1 saturated heterocycles. The van der Waals surface area contributed by atoms with E-state index in [9.17, 15) is 0 Å².